The van der Waals surface area contributed by atoms with E-state index in [2.05, 4.69) is 0 Å². The molecule has 0 atom stereocenters. The second kappa shape index (κ2) is 5.67. The maximum Gasteiger partial charge on any atom is 0.409 e. The molecule has 0 rings (SSSR count). The zero-order valence-electron chi connectivity index (χ0n) is 10.1. The Morgan fingerprint density at radius 2 is 1.47 bits per heavy atom. The average Bonchev–Trinajstić information content (AvgIpc) is 2.22. The summed E-state index contributed by atoms with van der Waals surface area (Å²) in [6.45, 7) is 2.76. The Morgan fingerprint density at radius 3 is 1.68 bits per heavy atom. The molecule has 0 bridgehead atoms. The van der Waals surface area contributed by atoms with Gasteiger partial charge in [-0.25, -0.2) is 0 Å². The van der Waals surface area contributed by atoms with Crippen molar-refractivity contribution in [3.63, 3.8) is 0 Å². The SMILES string of the molecule is CCC(C#N)(CC)NC(=O)C(C(F)(F)F)C(F)(F)F. The molecule has 0 fully saturated rings. The third-order valence-electron chi connectivity index (χ3n) is 2.70. The summed E-state index contributed by atoms with van der Waals surface area (Å²) in [5, 5.41) is 10.3. The normalized spacial score (nSPS) is 13.3. The summed E-state index contributed by atoms with van der Waals surface area (Å²) in [6.07, 6.45) is -11.7. The van der Waals surface area contributed by atoms with Crippen molar-refractivity contribution in [2.45, 2.75) is 44.6 Å². The molecule has 110 valence electrons. The highest BCUT2D eigenvalue weighted by atomic mass is 19.4. The molecule has 0 spiro atoms. The van der Waals surface area contributed by atoms with Gasteiger partial charge < -0.3 is 5.32 Å². The number of alkyl halides is 6. The number of carbonyl (C=O) groups excluding carboxylic acids is 1. The van der Waals surface area contributed by atoms with Crippen LogP contribution in [-0.4, -0.2) is 23.8 Å². The summed E-state index contributed by atoms with van der Waals surface area (Å²) in [5.74, 6) is -6.39. The van der Waals surface area contributed by atoms with Crippen LogP contribution < -0.4 is 5.32 Å². The zero-order valence-corrected chi connectivity index (χ0v) is 10.1. The molecular weight excluding hydrogens is 278 g/mol. The molecule has 0 aromatic carbocycles. The number of amides is 1. The van der Waals surface area contributed by atoms with Crippen LogP contribution in [0.4, 0.5) is 26.3 Å². The van der Waals surface area contributed by atoms with Gasteiger partial charge in [-0.05, 0) is 12.8 Å². The van der Waals surface area contributed by atoms with Gasteiger partial charge in [0.15, 0.2) is 0 Å². The lowest BCUT2D eigenvalue weighted by molar-refractivity contribution is -0.274. The van der Waals surface area contributed by atoms with Crippen LogP contribution in [0.25, 0.3) is 0 Å². The number of nitriles is 1. The van der Waals surface area contributed by atoms with E-state index in [1.54, 1.807) is 5.32 Å². The van der Waals surface area contributed by atoms with E-state index in [9.17, 15) is 31.1 Å². The highest BCUT2D eigenvalue weighted by Crippen LogP contribution is 2.39. The fourth-order valence-electron chi connectivity index (χ4n) is 1.40. The average molecular weight is 290 g/mol. The number of rotatable bonds is 4. The van der Waals surface area contributed by atoms with Gasteiger partial charge in [-0.3, -0.25) is 4.79 Å². The molecule has 0 aliphatic heterocycles. The Kier molecular flexibility index (Phi) is 5.23. The minimum atomic E-state index is -5.76. The summed E-state index contributed by atoms with van der Waals surface area (Å²) in [5.41, 5.74) is -1.73. The van der Waals surface area contributed by atoms with Gasteiger partial charge in [-0.2, -0.15) is 31.6 Å². The third-order valence-corrected chi connectivity index (χ3v) is 2.70. The number of hydrogen-bond donors (Lipinski definition) is 1. The van der Waals surface area contributed by atoms with Crippen molar-refractivity contribution in [3.05, 3.63) is 0 Å². The lowest BCUT2D eigenvalue weighted by atomic mass is 9.93. The molecule has 0 aromatic rings. The van der Waals surface area contributed by atoms with E-state index >= 15 is 0 Å². The number of nitrogens with one attached hydrogen (secondary N) is 1. The van der Waals surface area contributed by atoms with Gasteiger partial charge >= 0.3 is 12.4 Å². The molecule has 0 saturated heterocycles. The summed E-state index contributed by atoms with van der Waals surface area (Å²) < 4.78 is 73.7. The highest BCUT2D eigenvalue weighted by molar-refractivity contribution is 5.81. The van der Waals surface area contributed by atoms with Gasteiger partial charge in [0.1, 0.15) is 5.54 Å². The van der Waals surface area contributed by atoms with E-state index in [1.807, 2.05) is 0 Å². The monoisotopic (exact) mass is 290 g/mol. The van der Waals surface area contributed by atoms with Crippen molar-refractivity contribution in [1.29, 1.82) is 5.26 Å². The standard InChI is InChI=1S/C10H12F6N2O/c1-3-8(4-2,5-17)18-7(19)6(9(11,12)13)10(14,15)16/h6H,3-4H2,1-2H3,(H,18,19). The molecule has 1 amide bonds. The summed E-state index contributed by atoms with van der Waals surface area (Å²) >= 11 is 0. The second-order valence-electron chi connectivity index (χ2n) is 3.91. The van der Waals surface area contributed by atoms with E-state index in [0.717, 1.165) is 0 Å². The molecule has 0 aliphatic carbocycles. The van der Waals surface area contributed by atoms with Crippen LogP contribution in [0.1, 0.15) is 26.7 Å². The molecule has 1 N–H and O–H groups in total. The first-order valence-electron chi connectivity index (χ1n) is 5.30. The first-order chi connectivity index (χ1) is 8.43. The Morgan fingerprint density at radius 1 is 1.11 bits per heavy atom. The van der Waals surface area contributed by atoms with Gasteiger partial charge in [-0.1, -0.05) is 13.8 Å². The minimum absolute atomic E-state index is 0.103. The number of nitrogens with zero attached hydrogens (tertiary/aromatic N) is 1. The van der Waals surface area contributed by atoms with Crippen molar-refractivity contribution >= 4 is 5.91 Å². The van der Waals surface area contributed by atoms with Crippen LogP contribution >= 0.6 is 0 Å². The van der Waals surface area contributed by atoms with Gasteiger partial charge in [0.2, 0.25) is 11.8 Å². The maximum atomic E-state index is 12.3. The fourth-order valence-corrected chi connectivity index (χ4v) is 1.40. The molecular formula is C10H12F6N2O. The zero-order chi connectivity index (χ0) is 15.5. The molecule has 0 aromatic heterocycles. The van der Waals surface area contributed by atoms with Crippen molar-refractivity contribution in [2.75, 3.05) is 0 Å². The Balaban J connectivity index is 5.33. The quantitative estimate of drug-likeness (QED) is 0.809. The predicted molar refractivity (Wildman–Crippen MR) is 52.7 cm³/mol. The van der Waals surface area contributed by atoms with Crippen LogP contribution in [0, 0.1) is 17.2 Å². The summed E-state index contributed by atoms with van der Waals surface area (Å²) in [6, 6.07) is 1.54. The first-order valence-corrected chi connectivity index (χ1v) is 5.30. The fraction of sp³-hybridized carbons (Fsp3) is 0.800. The van der Waals surface area contributed by atoms with E-state index in [4.69, 9.17) is 5.26 Å². The van der Waals surface area contributed by atoms with Crippen LogP contribution in [0.2, 0.25) is 0 Å². The second-order valence-corrected chi connectivity index (χ2v) is 3.91. The van der Waals surface area contributed by atoms with E-state index in [1.165, 1.54) is 19.9 Å². The Labute approximate surface area is 105 Å². The number of hydrogen-bond acceptors (Lipinski definition) is 2. The first kappa shape index (κ1) is 17.5. The van der Waals surface area contributed by atoms with Gasteiger partial charge in [0.05, 0.1) is 6.07 Å². The van der Waals surface area contributed by atoms with Crippen LogP contribution in [-0.2, 0) is 4.79 Å². The minimum Gasteiger partial charge on any atom is -0.337 e. The Bertz CT molecular complexity index is 350. The smallest absolute Gasteiger partial charge is 0.337 e. The third kappa shape index (κ3) is 4.29. The number of halogens is 6. The molecule has 0 radical (unpaired) electrons. The van der Waals surface area contributed by atoms with E-state index in [-0.39, 0.29) is 12.8 Å². The van der Waals surface area contributed by atoms with Crippen LogP contribution in [0.3, 0.4) is 0 Å². The van der Waals surface area contributed by atoms with Gasteiger partial charge in [0.25, 0.3) is 0 Å². The topological polar surface area (TPSA) is 52.9 Å². The molecule has 3 nitrogen and oxygen atoms in total. The Hall–Kier alpha value is -1.46. The largest absolute Gasteiger partial charge is 0.409 e. The van der Waals surface area contributed by atoms with Crippen molar-refractivity contribution in [1.82, 2.24) is 5.32 Å². The van der Waals surface area contributed by atoms with Crippen molar-refractivity contribution in [3.8, 4) is 6.07 Å². The summed E-state index contributed by atoms with van der Waals surface area (Å²) in [4.78, 5) is 11.2. The predicted octanol–water partition coefficient (Wildman–Crippen LogP) is 2.93. The lowest BCUT2D eigenvalue weighted by Gasteiger charge is -2.29. The highest BCUT2D eigenvalue weighted by Gasteiger charge is 2.61. The van der Waals surface area contributed by atoms with Crippen LogP contribution in [0.15, 0.2) is 0 Å². The van der Waals surface area contributed by atoms with Crippen LogP contribution in [0.5, 0.6) is 0 Å². The van der Waals surface area contributed by atoms with Crippen molar-refractivity contribution in [2.24, 2.45) is 5.92 Å². The molecule has 0 saturated carbocycles. The van der Waals surface area contributed by atoms with Gasteiger partial charge in [-0.15, -0.1) is 0 Å². The van der Waals surface area contributed by atoms with Gasteiger partial charge in [0, 0.05) is 0 Å². The molecule has 0 aliphatic rings. The maximum absolute atomic E-state index is 12.3. The molecule has 9 heteroatoms. The summed E-state index contributed by atoms with van der Waals surface area (Å²) in [7, 11) is 0. The van der Waals surface area contributed by atoms with E-state index < -0.39 is 29.7 Å². The lowest BCUT2D eigenvalue weighted by Crippen LogP contribution is -2.55. The van der Waals surface area contributed by atoms with E-state index in [0.29, 0.717) is 0 Å². The molecule has 0 heterocycles. The number of carbonyl (C=O) groups is 1. The molecule has 0 unspecified atom stereocenters. The van der Waals surface area contributed by atoms with Crippen molar-refractivity contribution < 1.29 is 31.1 Å². The molecule has 19 heavy (non-hydrogen) atoms.